The number of likely N-dealkylation sites (N-methyl/N-ethyl adjacent to an activating group) is 1. The summed E-state index contributed by atoms with van der Waals surface area (Å²) in [7, 11) is 6.56. The molecule has 7 N–H and O–H groups in total. The van der Waals surface area contributed by atoms with E-state index in [-0.39, 0.29) is 53.9 Å². The number of primary amides is 1. The number of anilines is 1. The smallest absolute Gasteiger partial charge is 0.255 e. The Morgan fingerprint density at radius 2 is 1.73 bits per heavy atom. The molecule has 13 heteroatoms. The summed E-state index contributed by atoms with van der Waals surface area (Å²) >= 11 is 0. The number of ketones is 2. The Kier molecular flexibility index (Phi) is 7.77. The fourth-order valence-electron chi connectivity index (χ4n) is 6.90. The number of phenols is 1. The molecule has 0 bridgehead atoms. The van der Waals surface area contributed by atoms with Crippen LogP contribution in [-0.2, 0) is 33.9 Å². The maximum absolute atomic E-state index is 14.1. The summed E-state index contributed by atoms with van der Waals surface area (Å²) in [6.07, 6.45) is 0.0979. The third-order valence-corrected chi connectivity index (χ3v) is 8.94. The molecule has 0 aliphatic heterocycles. The first-order chi connectivity index (χ1) is 20.6. The van der Waals surface area contributed by atoms with Gasteiger partial charge in [-0.2, -0.15) is 0 Å². The quantitative estimate of drug-likeness (QED) is 0.252. The molecule has 0 heterocycles. The standard InChI is InChI=1S/C31H34F2N4O7/c1-36(2)20-10-14(11-35-12-16-18(32)6-5-7-19(16)33)25(38)22-15(20)8-13-9-17-24(37(3)4)27(40)23(30(34)43)29(42)31(17,44)28(41)21(13)26(22)39/h5-7,10,13,17,24,35,38-39,42,44H,8-9,11-12H2,1-4H3,(H2,34,43)/t13?,17?,24-,31-/m0/s1. The minimum Gasteiger partial charge on any atom is -0.508 e. The maximum Gasteiger partial charge on any atom is 0.255 e. The minimum absolute atomic E-state index is 0.0308. The number of phenolic OH excluding ortho intramolecular Hbond substituents is 1. The van der Waals surface area contributed by atoms with E-state index >= 15 is 0 Å². The number of amides is 1. The summed E-state index contributed by atoms with van der Waals surface area (Å²) in [6, 6.07) is 3.99. The van der Waals surface area contributed by atoms with E-state index in [1.165, 1.54) is 25.1 Å². The van der Waals surface area contributed by atoms with Gasteiger partial charge in [0.05, 0.1) is 11.6 Å². The van der Waals surface area contributed by atoms with Crippen molar-refractivity contribution in [3.63, 3.8) is 0 Å². The Hall–Kier alpha value is -4.33. The second-order valence-corrected chi connectivity index (χ2v) is 11.9. The average molecular weight is 613 g/mol. The highest BCUT2D eigenvalue weighted by atomic mass is 19.1. The fraction of sp³-hybridized carbons (Fsp3) is 0.387. The lowest BCUT2D eigenvalue weighted by Gasteiger charge is -2.50. The van der Waals surface area contributed by atoms with Gasteiger partial charge < -0.3 is 36.4 Å². The third kappa shape index (κ3) is 4.54. The van der Waals surface area contributed by atoms with Crippen molar-refractivity contribution in [2.45, 2.75) is 37.6 Å². The van der Waals surface area contributed by atoms with Crippen LogP contribution in [0, 0.1) is 23.5 Å². The second-order valence-electron chi connectivity index (χ2n) is 11.9. The van der Waals surface area contributed by atoms with Crippen LogP contribution in [0.2, 0.25) is 0 Å². The highest BCUT2D eigenvalue weighted by Crippen LogP contribution is 2.54. The lowest BCUT2D eigenvalue weighted by Crippen LogP contribution is -2.65. The van der Waals surface area contributed by atoms with Crippen LogP contribution in [-0.4, -0.2) is 82.6 Å². The monoisotopic (exact) mass is 612 g/mol. The maximum atomic E-state index is 14.1. The molecule has 4 atom stereocenters. The van der Waals surface area contributed by atoms with Crippen LogP contribution in [0.1, 0.15) is 28.7 Å². The number of benzene rings is 2. The largest absolute Gasteiger partial charge is 0.508 e. The number of aliphatic hydroxyl groups is 3. The lowest BCUT2D eigenvalue weighted by atomic mass is 9.57. The summed E-state index contributed by atoms with van der Waals surface area (Å²) in [5, 5.41) is 48.6. The van der Waals surface area contributed by atoms with Crippen LogP contribution >= 0.6 is 0 Å². The van der Waals surface area contributed by atoms with E-state index in [2.05, 4.69) is 5.32 Å². The second kappa shape index (κ2) is 11.0. The molecule has 1 fully saturated rings. The number of Topliss-reactive ketones (excluding diaryl/α,β-unsaturated/α-hetero) is 2. The molecule has 234 valence electrons. The molecule has 11 nitrogen and oxygen atoms in total. The third-order valence-electron chi connectivity index (χ3n) is 8.94. The van der Waals surface area contributed by atoms with Crippen LogP contribution in [0.3, 0.4) is 0 Å². The fourth-order valence-corrected chi connectivity index (χ4v) is 6.90. The predicted molar refractivity (Wildman–Crippen MR) is 155 cm³/mol. The first kappa shape index (κ1) is 31.1. The van der Waals surface area contributed by atoms with Crippen molar-refractivity contribution in [2.75, 3.05) is 33.1 Å². The topological polar surface area (TPSA) is 177 Å². The minimum atomic E-state index is -2.74. The number of halogens is 2. The zero-order valence-corrected chi connectivity index (χ0v) is 24.6. The van der Waals surface area contributed by atoms with E-state index in [1.807, 2.05) is 0 Å². The number of nitrogens with one attached hydrogen (secondary N) is 1. The van der Waals surface area contributed by atoms with Gasteiger partial charge in [-0.05, 0) is 56.6 Å². The molecule has 2 aromatic carbocycles. The summed E-state index contributed by atoms with van der Waals surface area (Å²) < 4.78 is 28.3. The Bertz CT molecular complexity index is 1650. The van der Waals surface area contributed by atoms with Crippen LogP contribution in [0.15, 0.2) is 41.2 Å². The first-order valence-corrected chi connectivity index (χ1v) is 14.0. The van der Waals surface area contributed by atoms with Gasteiger partial charge in [-0.25, -0.2) is 8.78 Å². The molecular weight excluding hydrogens is 578 g/mol. The highest BCUT2D eigenvalue weighted by Gasteiger charge is 2.64. The van der Waals surface area contributed by atoms with Gasteiger partial charge in [-0.3, -0.25) is 19.3 Å². The Labute approximate surface area is 251 Å². The van der Waals surface area contributed by atoms with Crippen molar-refractivity contribution in [1.29, 1.82) is 0 Å². The van der Waals surface area contributed by atoms with Gasteiger partial charge in [0.25, 0.3) is 5.91 Å². The van der Waals surface area contributed by atoms with Crippen LogP contribution < -0.4 is 16.0 Å². The molecule has 0 spiro atoms. The van der Waals surface area contributed by atoms with Gasteiger partial charge in [0.15, 0.2) is 11.4 Å². The van der Waals surface area contributed by atoms with Crippen molar-refractivity contribution >= 4 is 28.9 Å². The number of rotatable bonds is 7. The molecule has 0 radical (unpaired) electrons. The molecule has 1 saturated carbocycles. The molecule has 3 aliphatic carbocycles. The van der Waals surface area contributed by atoms with E-state index in [4.69, 9.17) is 5.73 Å². The molecule has 5 rings (SSSR count). The lowest BCUT2D eigenvalue weighted by molar-refractivity contribution is -0.153. The number of hydrogen-bond acceptors (Lipinski definition) is 10. The Morgan fingerprint density at radius 3 is 2.30 bits per heavy atom. The highest BCUT2D eigenvalue weighted by molar-refractivity contribution is 6.24. The van der Waals surface area contributed by atoms with Crippen molar-refractivity contribution in [1.82, 2.24) is 10.2 Å². The zero-order valence-electron chi connectivity index (χ0n) is 24.6. The summed E-state index contributed by atoms with van der Waals surface area (Å²) in [4.78, 5) is 42.7. The van der Waals surface area contributed by atoms with Gasteiger partial charge in [0.1, 0.15) is 34.5 Å². The van der Waals surface area contributed by atoms with Crippen molar-refractivity contribution in [3.05, 3.63) is 75.1 Å². The number of carbonyl (C=O) groups is 3. The zero-order chi connectivity index (χ0) is 32.4. The van der Waals surface area contributed by atoms with E-state index in [0.717, 1.165) is 12.1 Å². The molecule has 3 aliphatic rings. The molecular formula is C31H34F2N4O7. The van der Waals surface area contributed by atoms with E-state index < -0.39 is 69.7 Å². The van der Waals surface area contributed by atoms with Crippen molar-refractivity contribution in [3.8, 4) is 5.75 Å². The molecule has 2 aromatic rings. The van der Waals surface area contributed by atoms with Crippen LogP contribution in [0.25, 0.3) is 5.76 Å². The Morgan fingerprint density at radius 1 is 1.09 bits per heavy atom. The number of hydrogen-bond donors (Lipinski definition) is 6. The number of nitrogens with zero attached hydrogens (tertiary/aromatic N) is 2. The molecule has 1 amide bonds. The number of fused-ring (bicyclic) bond motifs is 3. The van der Waals surface area contributed by atoms with E-state index in [1.54, 1.807) is 25.1 Å². The molecule has 0 aromatic heterocycles. The SMILES string of the molecule is CN(C)c1cc(CNCc2c(F)cccc2F)c(O)c2c1CC1CC3[C@H](N(C)C)C(=O)C(C(N)=O)=C(O)[C@@]3(O)C(=O)C1=C2O. The van der Waals surface area contributed by atoms with E-state index in [9.17, 15) is 43.6 Å². The van der Waals surface area contributed by atoms with Crippen molar-refractivity contribution in [2.24, 2.45) is 17.6 Å². The van der Waals surface area contributed by atoms with Gasteiger partial charge >= 0.3 is 0 Å². The van der Waals surface area contributed by atoms with E-state index in [0.29, 0.717) is 11.3 Å². The normalized spacial score (nSPS) is 24.8. The number of aliphatic hydroxyl groups excluding tert-OH is 2. The predicted octanol–water partition coefficient (Wildman–Crippen LogP) is 1.60. The van der Waals surface area contributed by atoms with Crippen molar-refractivity contribution < 1.29 is 43.6 Å². The number of aromatic hydroxyl groups is 1. The van der Waals surface area contributed by atoms with Gasteiger partial charge in [0.2, 0.25) is 5.78 Å². The summed E-state index contributed by atoms with van der Waals surface area (Å²) in [5.74, 6) is -8.79. The van der Waals surface area contributed by atoms with Crippen LogP contribution in [0.5, 0.6) is 5.75 Å². The number of carbonyl (C=O) groups excluding carboxylic acids is 3. The summed E-state index contributed by atoms with van der Waals surface area (Å²) in [5.41, 5.74) is 2.56. The average Bonchev–Trinajstić information content (AvgIpc) is 2.92. The number of nitrogens with two attached hydrogens (primary N) is 1. The van der Waals surface area contributed by atoms with Gasteiger partial charge in [-0.15, -0.1) is 0 Å². The summed E-state index contributed by atoms with van der Waals surface area (Å²) in [6.45, 7) is -0.272. The van der Waals surface area contributed by atoms with Crippen LogP contribution in [0.4, 0.5) is 14.5 Å². The van der Waals surface area contributed by atoms with Gasteiger partial charge in [-0.1, -0.05) is 6.07 Å². The Balaban J connectivity index is 1.62. The molecule has 0 saturated heterocycles. The first-order valence-electron chi connectivity index (χ1n) is 14.0. The molecule has 2 unspecified atom stereocenters. The van der Waals surface area contributed by atoms with Gasteiger partial charge in [0, 0.05) is 55.5 Å². The molecule has 44 heavy (non-hydrogen) atoms.